The van der Waals surface area contributed by atoms with Crippen LogP contribution in [0.25, 0.3) is 5.52 Å². The van der Waals surface area contributed by atoms with Crippen LogP contribution in [0.2, 0.25) is 0 Å². The van der Waals surface area contributed by atoms with Crippen LogP contribution in [-0.4, -0.2) is 22.5 Å². The maximum Gasteiger partial charge on any atom is 0.339 e. The van der Waals surface area contributed by atoms with Crippen molar-refractivity contribution in [1.82, 2.24) is 9.38 Å². The van der Waals surface area contributed by atoms with Gasteiger partial charge in [0, 0.05) is 12.6 Å². The monoisotopic (exact) mass is 218 g/mol. The molecular formula is C12H14N2O2. The Morgan fingerprint density at radius 1 is 1.50 bits per heavy atom. The molecule has 0 bridgehead atoms. The minimum absolute atomic E-state index is 0.321. The van der Waals surface area contributed by atoms with Gasteiger partial charge in [0.1, 0.15) is 5.82 Å². The number of ether oxygens (including phenoxy) is 1. The number of pyridine rings is 1. The first-order chi connectivity index (χ1) is 7.76. The summed E-state index contributed by atoms with van der Waals surface area (Å²) in [5, 5.41) is 0. The van der Waals surface area contributed by atoms with E-state index in [2.05, 4.69) is 16.6 Å². The van der Waals surface area contributed by atoms with Crippen molar-refractivity contribution in [2.75, 3.05) is 7.11 Å². The van der Waals surface area contributed by atoms with E-state index in [4.69, 9.17) is 0 Å². The first-order valence-corrected chi connectivity index (χ1v) is 5.30. The molecule has 0 N–H and O–H groups in total. The molecule has 4 heteroatoms. The summed E-state index contributed by atoms with van der Waals surface area (Å²) >= 11 is 0. The number of methoxy groups -OCH3 is 1. The zero-order chi connectivity index (χ0) is 11.5. The van der Waals surface area contributed by atoms with E-state index < -0.39 is 0 Å². The van der Waals surface area contributed by atoms with Crippen molar-refractivity contribution >= 4 is 11.5 Å². The van der Waals surface area contributed by atoms with Gasteiger partial charge in [-0.15, -0.1) is 0 Å². The van der Waals surface area contributed by atoms with Crippen molar-refractivity contribution in [2.45, 2.75) is 19.8 Å². The van der Waals surface area contributed by atoms with E-state index in [1.165, 1.54) is 7.11 Å². The fourth-order valence-electron chi connectivity index (χ4n) is 1.69. The summed E-state index contributed by atoms with van der Waals surface area (Å²) in [7, 11) is 1.38. The SMILES string of the molecule is CCCc1ncc2ccc(C(=O)OC)cn12. The van der Waals surface area contributed by atoms with Crippen molar-refractivity contribution in [1.29, 1.82) is 0 Å². The topological polar surface area (TPSA) is 43.6 Å². The van der Waals surface area contributed by atoms with Crippen molar-refractivity contribution in [2.24, 2.45) is 0 Å². The van der Waals surface area contributed by atoms with Crippen LogP contribution in [0.1, 0.15) is 29.5 Å². The summed E-state index contributed by atoms with van der Waals surface area (Å²) < 4.78 is 6.63. The molecule has 0 atom stereocenters. The predicted molar refractivity (Wildman–Crippen MR) is 60.5 cm³/mol. The number of aromatic nitrogens is 2. The van der Waals surface area contributed by atoms with Gasteiger partial charge in [-0.2, -0.15) is 0 Å². The molecule has 0 aliphatic carbocycles. The van der Waals surface area contributed by atoms with Crippen LogP contribution in [0.4, 0.5) is 0 Å². The van der Waals surface area contributed by atoms with Gasteiger partial charge < -0.3 is 9.14 Å². The minimum atomic E-state index is -0.321. The van der Waals surface area contributed by atoms with E-state index in [1.807, 2.05) is 16.7 Å². The van der Waals surface area contributed by atoms with Gasteiger partial charge in [0.2, 0.25) is 0 Å². The highest BCUT2D eigenvalue weighted by molar-refractivity contribution is 5.89. The first kappa shape index (κ1) is 10.7. The summed E-state index contributed by atoms with van der Waals surface area (Å²) in [6, 6.07) is 3.62. The molecule has 0 unspecified atom stereocenters. The van der Waals surface area contributed by atoms with E-state index in [1.54, 1.807) is 12.3 Å². The molecule has 2 aromatic heterocycles. The van der Waals surface area contributed by atoms with Gasteiger partial charge in [-0.1, -0.05) is 6.92 Å². The molecule has 0 spiro atoms. The quantitative estimate of drug-likeness (QED) is 0.741. The van der Waals surface area contributed by atoms with Gasteiger partial charge in [0.25, 0.3) is 0 Å². The average Bonchev–Trinajstić information content (AvgIpc) is 2.71. The Kier molecular flexibility index (Phi) is 2.90. The van der Waals surface area contributed by atoms with E-state index in [0.717, 1.165) is 24.2 Å². The molecule has 0 aromatic carbocycles. The molecule has 0 radical (unpaired) electrons. The number of fused-ring (bicyclic) bond motifs is 1. The summed E-state index contributed by atoms with van der Waals surface area (Å²) in [5.74, 6) is 0.654. The third kappa shape index (κ3) is 1.78. The number of hydrogen-bond acceptors (Lipinski definition) is 3. The number of hydrogen-bond donors (Lipinski definition) is 0. The lowest BCUT2D eigenvalue weighted by molar-refractivity contribution is 0.0600. The average molecular weight is 218 g/mol. The maximum absolute atomic E-state index is 11.4. The lowest BCUT2D eigenvalue weighted by Crippen LogP contribution is -2.04. The lowest BCUT2D eigenvalue weighted by Gasteiger charge is -2.02. The molecule has 84 valence electrons. The second-order valence-corrected chi connectivity index (χ2v) is 3.63. The van der Waals surface area contributed by atoms with Crippen LogP contribution < -0.4 is 0 Å². The van der Waals surface area contributed by atoms with Gasteiger partial charge in [-0.25, -0.2) is 9.78 Å². The summed E-state index contributed by atoms with van der Waals surface area (Å²) in [4.78, 5) is 15.7. The van der Waals surface area contributed by atoms with Gasteiger partial charge in [0.15, 0.2) is 0 Å². The van der Waals surface area contributed by atoms with Crippen molar-refractivity contribution in [3.63, 3.8) is 0 Å². The number of carbonyl (C=O) groups excluding carboxylic acids is 1. The number of carbonyl (C=O) groups is 1. The lowest BCUT2D eigenvalue weighted by atomic mass is 10.2. The Hall–Kier alpha value is -1.84. The smallest absolute Gasteiger partial charge is 0.339 e. The van der Waals surface area contributed by atoms with Gasteiger partial charge in [0.05, 0.1) is 24.4 Å². The molecule has 0 amide bonds. The van der Waals surface area contributed by atoms with Crippen molar-refractivity contribution in [3.8, 4) is 0 Å². The molecule has 2 aromatic rings. The standard InChI is InChI=1S/C12H14N2O2/c1-3-4-11-13-7-10-6-5-9(8-14(10)11)12(15)16-2/h5-8H,3-4H2,1-2H3. The minimum Gasteiger partial charge on any atom is -0.465 e. The van der Waals surface area contributed by atoms with Gasteiger partial charge in [-0.3, -0.25) is 0 Å². The number of esters is 1. The van der Waals surface area contributed by atoms with Crippen molar-refractivity contribution in [3.05, 3.63) is 35.9 Å². The van der Waals surface area contributed by atoms with Gasteiger partial charge >= 0.3 is 5.97 Å². The molecule has 0 saturated heterocycles. The van der Waals surface area contributed by atoms with E-state index in [-0.39, 0.29) is 5.97 Å². The Morgan fingerprint density at radius 3 is 3.00 bits per heavy atom. The van der Waals surface area contributed by atoms with Crippen LogP contribution in [0.3, 0.4) is 0 Å². The Morgan fingerprint density at radius 2 is 2.31 bits per heavy atom. The second kappa shape index (κ2) is 4.35. The highest BCUT2D eigenvalue weighted by Gasteiger charge is 2.08. The number of imidazole rings is 1. The highest BCUT2D eigenvalue weighted by atomic mass is 16.5. The third-order valence-corrected chi connectivity index (χ3v) is 2.50. The van der Waals surface area contributed by atoms with E-state index in [0.29, 0.717) is 5.56 Å². The van der Waals surface area contributed by atoms with Crippen LogP contribution in [0.15, 0.2) is 24.5 Å². The number of nitrogens with zero attached hydrogens (tertiary/aromatic N) is 2. The zero-order valence-electron chi connectivity index (χ0n) is 9.43. The maximum atomic E-state index is 11.4. The predicted octanol–water partition coefficient (Wildman–Crippen LogP) is 2.07. The van der Waals surface area contributed by atoms with Crippen LogP contribution in [-0.2, 0) is 11.2 Å². The number of aryl methyl sites for hydroxylation is 1. The van der Waals surface area contributed by atoms with E-state index >= 15 is 0 Å². The molecular weight excluding hydrogens is 204 g/mol. The Bertz CT molecular complexity index is 517. The summed E-state index contributed by atoms with van der Waals surface area (Å²) in [6.07, 6.45) is 5.52. The molecule has 0 saturated carbocycles. The normalized spacial score (nSPS) is 10.6. The largest absolute Gasteiger partial charge is 0.465 e. The Balaban J connectivity index is 2.49. The fraction of sp³-hybridized carbons (Fsp3) is 0.333. The molecule has 0 fully saturated rings. The Labute approximate surface area is 93.9 Å². The summed E-state index contributed by atoms with van der Waals surface area (Å²) in [5.41, 5.74) is 1.54. The molecule has 0 aliphatic heterocycles. The molecule has 2 rings (SSSR count). The molecule has 16 heavy (non-hydrogen) atoms. The third-order valence-electron chi connectivity index (χ3n) is 2.50. The van der Waals surface area contributed by atoms with Gasteiger partial charge in [-0.05, 0) is 18.6 Å². The molecule has 2 heterocycles. The zero-order valence-corrected chi connectivity index (χ0v) is 9.43. The van der Waals surface area contributed by atoms with Crippen LogP contribution in [0.5, 0.6) is 0 Å². The van der Waals surface area contributed by atoms with E-state index in [9.17, 15) is 4.79 Å². The molecule has 4 nitrogen and oxygen atoms in total. The van der Waals surface area contributed by atoms with Crippen LogP contribution in [0, 0.1) is 0 Å². The van der Waals surface area contributed by atoms with Crippen LogP contribution >= 0.6 is 0 Å². The number of rotatable bonds is 3. The second-order valence-electron chi connectivity index (χ2n) is 3.63. The molecule has 0 aliphatic rings. The highest BCUT2D eigenvalue weighted by Crippen LogP contribution is 2.11. The van der Waals surface area contributed by atoms with Crippen molar-refractivity contribution < 1.29 is 9.53 Å². The summed E-state index contributed by atoms with van der Waals surface area (Å²) in [6.45, 7) is 2.10. The first-order valence-electron chi connectivity index (χ1n) is 5.30. The fourth-order valence-corrected chi connectivity index (χ4v) is 1.69.